The van der Waals surface area contributed by atoms with E-state index < -0.39 is 0 Å². The number of ether oxygens (including phenoxy) is 1. The van der Waals surface area contributed by atoms with E-state index in [1.807, 2.05) is 18.2 Å². The van der Waals surface area contributed by atoms with E-state index in [0.29, 0.717) is 0 Å². The fraction of sp³-hybridized carbons (Fsp3) is 0.444. The van der Waals surface area contributed by atoms with Crippen LogP contribution in [-0.2, 0) is 4.79 Å². The van der Waals surface area contributed by atoms with Crippen molar-refractivity contribution in [3.63, 3.8) is 0 Å². The summed E-state index contributed by atoms with van der Waals surface area (Å²) < 4.78 is 5.30. The minimum Gasteiger partial charge on any atom is -0.497 e. The Morgan fingerprint density at radius 1 is 1.39 bits per heavy atom. The zero-order chi connectivity index (χ0) is 16.4. The van der Waals surface area contributed by atoms with E-state index >= 15 is 0 Å². The number of nitrogens with zero attached hydrogens (tertiary/aromatic N) is 2. The van der Waals surface area contributed by atoms with Gasteiger partial charge in [-0.25, -0.2) is 4.98 Å². The summed E-state index contributed by atoms with van der Waals surface area (Å²) in [7, 11) is 3.36. The number of carbonyl (C=O) groups is 1. The lowest BCUT2D eigenvalue weighted by atomic mass is 9.97. The fourth-order valence-electron chi connectivity index (χ4n) is 3.26. The Morgan fingerprint density at radius 3 is 2.96 bits per heavy atom. The third kappa shape index (κ3) is 3.09. The average Bonchev–Trinajstić information content (AvgIpc) is 2.60. The summed E-state index contributed by atoms with van der Waals surface area (Å²) in [5, 5.41) is 3.89. The molecule has 0 saturated carbocycles. The number of anilines is 1. The van der Waals surface area contributed by atoms with Crippen LogP contribution in [0.2, 0.25) is 0 Å². The van der Waals surface area contributed by atoms with Crippen molar-refractivity contribution in [3.05, 3.63) is 29.8 Å². The third-order valence-corrected chi connectivity index (χ3v) is 4.57. The highest BCUT2D eigenvalue weighted by molar-refractivity contribution is 5.85. The van der Waals surface area contributed by atoms with Gasteiger partial charge >= 0.3 is 0 Å². The molecule has 0 aliphatic carbocycles. The van der Waals surface area contributed by atoms with E-state index in [1.54, 1.807) is 14.2 Å². The van der Waals surface area contributed by atoms with Gasteiger partial charge in [-0.1, -0.05) is 0 Å². The van der Waals surface area contributed by atoms with Crippen molar-refractivity contribution in [1.82, 2.24) is 10.3 Å². The second-order valence-corrected chi connectivity index (χ2v) is 6.08. The normalized spacial score (nSPS) is 18.0. The van der Waals surface area contributed by atoms with E-state index in [0.717, 1.165) is 48.4 Å². The van der Waals surface area contributed by atoms with Crippen molar-refractivity contribution in [2.75, 3.05) is 32.1 Å². The maximum Gasteiger partial charge on any atom is 0.224 e. The first-order valence-corrected chi connectivity index (χ1v) is 8.04. The van der Waals surface area contributed by atoms with E-state index in [4.69, 9.17) is 9.72 Å². The number of carbonyl (C=O) groups excluding carboxylic acids is 1. The van der Waals surface area contributed by atoms with Crippen LogP contribution in [0.4, 0.5) is 5.82 Å². The molecule has 2 heterocycles. The van der Waals surface area contributed by atoms with Gasteiger partial charge in [0.15, 0.2) is 0 Å². The van der Waals surface area contributed by atoms with Crippen LogP contribution in [0.1, 0.15) is 18.4 Å². The molecule has 0 radical (unpaired) electrons. The zero-order valence-electron chi connectivity index (χ0n) is 13.9. The molecule has 1 amide bonds. The molecule has 5 heteroatoms. The Morgan fingerprint density at radius 2 is 2.22 bits per heavy atom. The third-order valence-electron chi connectivity index (χ3n) is 4.57. The maximum atomic E-state index is 11.9. The Bertz CT molecular complexity index is 730. The number of piperidine rings is 1. The van der Waals surface area contributed by atoms with Crippen LogP contribution in [0.3, 0.4) is 0 Å². The van der Waals surface area contributed by atoms with Crippen LogP contribution in [0.25, 0.3) is 10.9 Å². The number of amides is 1. The highest BCUT2D eigenvalue weighted by Crippen LogP contribution is 2.28. The molecule has 1 saturated heterocycles. The van der Waals surface area contributed by atoms with Crippen LogP contribution in [0.15, 0.2) is 24.3 Å². The predicted octanol–water partition coefficient (Wildman–Crippen LogP) is 2.51. The van der Waals surface area contributed by atoms with E-state index in [-0.39, 0.29) is 11.8 Å². The summed E-state index contributed by atoms with van der Waals surface area (Å²) in [4.78, 5) is 19.0. The lowest BCUT2D eigenvalue weighted by Gasteiger charge is -2.33. The molecule has 1 unspecified atom stereocenters. The number of fused-ring (bicyclic) bond motifs is 1. The number of rotatable bonds is 3. The molecule has 1 fully saturated rings. The summed E-state index contributed by atoms with van der Waals surface area (Å²) in [6.45, 7) is 3.76. The van der Waals surface area contributed by atoms with Gasteiger partial charge in [0.1, 0.15) is 11.6 Å². The molecule has 122 valence electrons. The van der Waals surface area contributed by atoms with Gasteiger partial charge in [-0.15, -0.1) is 0 Å². The Hall–Kier alpha value is -2.30. The van der Waals surface area contributed by atoms with Gasteiger partial charge in [-0.2, -0.15) is 0 Å². The Kier molecular flexibility index (Phi) is 4.37. The van der Waals surface area contributed by atoms with Gasteiger partial charge in [-0.05, 0) is 43.5 Å². The minimum absolute atomic E-state index is 0.0388. The number of aromatic nitrogens is 1. The molecule has 1 aromatic carbocycles. The molecule has 1 aromatic heterocycles. The van der Waals surface area contributed by atoms with Gasteiger partial charge in [0.2, 0.25) is 5.91 Å². The molecular weight excluding hydrogens is 290 g/mol. The molecule has 1 aliphatic rings. The molecule has 2 aromatic rings. The van der Waals surface area contributed by atoms with Crippen molar-refractivity contribution >= 4 is 22.6 Å². The fourth-order valence-corrected chi connectivity index (χ4v) is 3.26. The highest BCUT2D eigenvalue weighted by atomic mass is 16.5. The van der Waals surface area contributed by atoms with Crippen molar-refractivity contribution in [2.45, 2.75) is 19.8 Å². The second kappa shape index (κ2) is 6.44. The Balaban J connectivity index is 1.94. The summed E-state index contributed by atoms with van der Waals surface area (Å²) in [5.74, 6) is 1.91. The molecule has 0 spiro atoms. The van der Waals surface area contributed by atoms with Crippen LogP contribution >= 0.6 is 0 Å². The molecule has 5 nitrogen and oxygen atoms in total. The van der Waals surface area contributed by atoms with Crippen molar-refractivity contribution in [2.24, 2.45) is 5.92 Å². The minimum atomic E-state index is 0.0388. The number of benzene rings is 1. The lowest BCUT2D eigenvalue weighted by Crippen LogP contribution is -2.42. The summed E-state index contributed by atoms with van der Waals surface area (Å²) in [6, 6.07) is 8.08. The van der Waals surface area contributed by atoms with Crippen LogP contribution in [0.5, 0.6) is 5.75 Å². The topological polar surface area (TPSA) is 54.5 Å². The lowest BCUT2D eigenvalue weighted by molar-refractivity contribution is -0.124. The van der Waals surface area contributed by atoms with Crippen molar-refractivity contribution < 1.29 is 9.53 Å². The number of nitrogens with one attached hydrogen (secondary N) is 1. The van der Waals surface area contributed by atoms with Crippen LogP contribution < -0.4 is 15.0 Å². The smallest absolute Gasteiger partial charge is 0.224 e. The number of hydrogen-bond acceptors (Lipinski definition) is 4. The van der Waals surface area contributed by atoms with Gasteiger partial charge in [0.05, 0.1) is 18.5 Å². The maximum absolute atomic E-state index is 11.9. The first-order valence-electron chi connectivity index (χ1n) is 8.04. The van der Waals surface area contributed by atoms with Crippen molar-refractivity contribution in [3.8, 4) is 5.75 Å². The van der Waals surface area contributed by atoms with Crippen molar-refractivity contribution in [1.29, 1.82) is 0 Å². The predicted molar refractivity (Wildman–Crippen MR) is 92.0 cm³/mol. The highest BCUT2D eigenvalue weighted by Gasteiger charge is 2.26. The van der Waals surface area contributed by atoms with E-state index in [2.05, 4.69) is 23.2 Å². The molecule has 1 atom stereocenters. The Labute approximate surface area is 136 Å². The largest absolute Gasteiger partial charge is 0.497 e. The zero-order valence-corrected chi connectivity index (χ0v) is 13.9. The van der Waals surface area contributed by atoms with Crippen LogP contribution in [0, 0.1) is 12.8 Å². The average molecular weight is 313 g/mol. The molecule has 23 heavy (non-hydrogen) atoms. The van der Waals surface area contributed by atoms with Gasteiger partial charge in [0, 0.05) is 31.6 Å². The summed E-state index contributed by atoms with van der Waals surface area (Å²) >= 11 is 0. The van der Waals surface area contributed by atoms with Gasteiger partial charge in [-0.3, -0.25) is 4.79 Å². The molecular formula is C18H23N3O2. The number of hydrogen-bond donors (Lipinski definition) is 1. The quantitative estimate of drug-likeness (QED) is 0.946. The standard InChI is InChI=1S/C18H23N3O2/c1-12-9-17(20-16-10-14(23-3)6-7-15(12)16)21-8-4-5-13(11-21)18(22)19-2/h6-7,9-10,13H,4-5,8,11H2,1-3H3,(H,19,22). The molecule has 3 rings (SSSR count). The number of pyridine rings is 1. The first-order chi connectivity index (χ1) is 11.1. The van der Waals surface area contributed by atoms with E-state index in [9.17, 15) is 4.79 Å². The second-order valence-electron chi connectivity index (χ2n) is 6.08. The summed E-state index contributed by atoms with van der Waals surface area (Å²) in [6.07, 6.45) is 1.95. The molecule has 1 N–H and O–H groups in total. The monoisotopic (exact) mass is 313 g/mol. The van der Waals surface area contributed by atoms with E-state index in [1.165, 1.54) is 5.56 Å². The first kappa shape index (κ1) is 15.6. The van der Waals surface area contributed by atoms with Crippen LogP contribution in [-0.4, -0.2) is 38.1 Å². The molecule has 0 bridgehead atoms. The number of methoxy groups -OCH3 is 1. The molecule has 1 aliphatic heterocycles. The summed E-state index contributed by atoms with van der Waals surface area (Å²) in [5.41, 5.74) is 2.12. The SMILES string of the molecule is CNC(=O)C1CCCN(c2cc(C)c3ccc(OC)cc3n2)C1. The number of aryl methyl sites for hydroxylation is 1. The van der Waals surface area contributed by atoms with Gasteiger partial charge in [0.25, 0.3) is 0 Å². The van der Waals surface area contributed by atoms with Gasteiger partial charge < -0.3 is 15.0 Å².